The second kappa shape index (κ2) is 10.2. The topological polar surface area (TPSA) is 13.1 Å². The molecule has 1 aromatic heterocycles. The zero-order valence-corrected chi connectivity index (χ0v) is 24.0. The third kappa shape index (κ3) is 4.03. The Labute approximate surface area is 300 Å². The smallest absolute Gasteiger partial charge is 0.143 e. The second-order valence-electron chi connectivity index (χ2n) is 10.9. The van der Waals surface area contributed by atoms with Gasteiger partial charge in [-0.1, -0.05) is 145 Å². The Balaban J connectivity index is 1.30. The maximum atomic E-state index is 9.75. The number of hydrogen-bond acceptors (Lipinski definition) is 1. The summed E-state index contributed by atoms with van der Waals surface area (Å²) in [5.41, 5.74) is -1.52. The van der Waals surface area contributed by atoms with Crippen molar-refractivity contribution in [2.75, 3.05) is 0 Å². The first-order valence-electron chi connectivity index (χ1n) is 24.6. The molecule has 0 amide bonds. The number of furan rings is 1. The van der Waals surface area contributed by atoms with Gasteiger partial charge in [0.15, 0.2) is 0 Å². The van der Waals surface area contributed by atoms with Gasteiger partial charge in [-0.3, -0.25) is 0 Å². The van der Waals surface area contributed by atoms with Crippen molar-refractivity contribution in [3.05, 3.63) is 169 Å². The Morgan fingerprint density at radius 2 is 0.915 bits per heavy atom. The van der Waals surface area contributed by atoms with Crippen molar-refractivity contribution < 1.29 is 31.8 Å². The van der Waals surface area contributed by atoms with Gasteiger partial charge in [-0.25, -0.2) is 0 Å². The minimum atomic E-state index is -0.737. The largest absolute Gasteiger partial charge is 0.455 e. The van der Waals surface area contributed by atoms with Gasteiger partial charge in [0.1, 0.15) is 11.2 Å². The molecule has 10 aromatic rings. The lowest BCUT2D eigenvalue weighted by molar-refractivity contribution is 0.672. The molecule has 10 rings (SSSR count). The molecule has 0 saturated carbocycles. The van der Waals surface area contributed by atoms with E-state index in [4.69, 9.17) is 22.2 Å². The van der Waals surface area contributed by atoms with Crippen LogP contribution in [-0.4, -0.2) is 0 Å². The van der Waals surface area contributed by atoms with Gasteiger partial charge in [0.25, 0.3) is 0 Å². The fraction of sp³-hybridized carbons (Fsp3) is 0. The standard InChI is InChI=1S/C46H28O/c1-2-11-33-27-34(22-19-29(33)9-1)30-17-20-32(21-18-30)44-37-13-5-7-15-39(37)45(40-16-8-6-14-38(40)44)35-24-26-43-42(28-35)41-25-23-31-10-3-4-12-36(31)46(41)47-43/h1-28H/i1D,2D,3D,4D,9D,10D,11D,12D,17D,18D,19D,20D,21D,22D,23D,24D,25D,26D,27D,28D. The van der Waals surface area contributed by atoms with Gasteiger partial charge in [0.05, 0.1) is 27.4 Å². The van der Waals surface area contributed by atoms with Gasteiger partial charge in [-0.2, -0.15) is 0 Å². The summed E-state index contributed by atoms with van der Waals surface area (Å²) in [4.78, 5) is 0. The minimum absolute atomic E-state index is 0.110. The Hall–Kier alpha value is -6.18. The molecule has 1 heterocycles. The fourth-order valence-electron chi connectivity index (χ4n) is 6.17. The van der Waals surface area contributed by atoms with Crippen LogP contribution in [0.3, 0.4) is 0 Å². The number of fused-ring (bicyclic) bond motifs is 8. The lowest BCUT2D eigenvalue weighted by Gasteiger charge is -2.18. The van der Waals surface area contributed by atoms with Crippen LogP contribution in [-0.2, 0) is 0 Å². The van der Waals surface area contributed by atoms with E-state index in [0.717, 1.165) is 0 Å². The van der Waals surface area contributed by atoms with Gasteiger partial charge in [0, 0.05) is 16.2 Å². The second-order valence-corrected chi connectivity index (χ2v) is 10.9. The molecule has 1 nitrogen and oxygen atoms in total. The van der Waals surface area contributed by atoms with E-state index < -0.39 is 143 Å². The van der Waals surface area contributed by atoms with Crippen LogP contribution < -0.4 is 0 Å². The van der Waals surface area contributed by atoms with E-state index in [1.807, 2.05) is 0 Å². The quantitative estimate of drug-likeness (QED) is 0.180. The Morgan fingerprint density at radius 3 is 1.64 bits per heavy atom. The van der Waals surface area contributed by atoms with Crippen molar-refractivity contribution in [3.8, 4) is 33.4 Å². The molecular weight excluding hydrogens is 569 g/mol. The monoisotopic (exact) mass is 616 g/mol. The van der Waals surface area contributed by atoms with E-state index in [1.54, 1.807) is 48.5 Å². The normalized spacial score (nSPS) is 17.8. The van der Waals surface area contributed by atoms with E-state index in [2.05, 4.69) is 0 Å². The maximum absolute atomic E-state index is 9.75. The lowest BCUT2D eigenvalue weighted by Crippen LogP contribution is -1.91. The van der Waals surface area contributed by atoms with Crippen molar-refractivity contribution in [3.63, 3.8) is 0 Å². The van der Waals surface area contributed by atoms with Crippen molar-refractivity contribution >= 4 is 65.0 Å². The van der Waals surface area contributed by atoms with Crippen LogP contribution in [0.1, 0.15) is 27.4 Å². The summed E-state index contributed by atoms with van der Waals surface area (Å²) in [6.07, 6.45) is 0. The molecule has 0 aliphatic carbocycles. The van der Waals surface area contributed by atoms with E-state index in [-0.39, 0.29) is 55.0 Å². The van der Waals surface area contributed by atoms with Crippen LogP contribution in [0, 0.1) is 0 Å². The first-order valence-corrected chi connectivity index (χ1v) is 14.6. The number of hydrogen-bond donors (Lipinski definition) is 0. The molecule has 0 N–H and O–H groups in total. The Bertz CT molecular complexity index is 3900. The van der Waals surface area contributed by atoms with Crippen LogP contribution in [0.5, 0.6) is 0 Å². The fourth-order valence-corrected chi connectivity index (χ4v) is 6.17. The molecule has 0 aliphatic heterocycles. The predicted octanol–water partition coefficient (Wildman–Crippen LogP) is 13.2. The van der Waals surface area contributed by atoms with Crippen LogP contribution in [0.15, 0.2) is 174 Å². The predicted molar refractivity (Wildman–Crippen MR) is 200 cm³/mol. The van der Waals surface area contributed by atoms with E-state index in [1.165, 1.54) is 0 Å². The van der Waals surface area contributed by atoms with Gasteiger partial charge >= 0.3 is 0 Å². The van der Waals surface area contributed by atoms with E-state index in [9.17, 15) is 9.60 Å². The number of benzene rings is 9. The summed E-state index contributed by atoms with van der Waals surface area (Å²) < 4.78 is 184. The molecule has 218 valence electrons. The van der Waals surface area contributed by atoms with Crippen molar-refractivity contribution in [2.24, 2.45) is 0 Å². The van der Waals surface area contributed by atoms with Crippen LogP contribution >= 0.6 is 0 Å². The van der Waals surface area contributed by atoms with Crippen LogP contribution in [0.2, 0.25) is 0 Å². The van der Waals surface area contributed by atoms with Gasteiger partial charge in [-0.05, 0) is 95.3 Å². The molecule has 47 heavy (non-hydrogen) atoms. The average Bonchev–Trinajstić information content (AvgIpc) is 3.72. The van der Waals surface area contributed by atoms with Gasteiger partial charge in [0.2, 0.25) is 0 Å². The minimum Gasteiger partial charge on any atom is -0.455 e. The maximum Gasteiger partial charge on any atom is 0.143 e. The third-order valence-corrected chi connectivity index (χ3v) is 8.24. The Morgan fingerprint density at radius 1 is 0.362 bits per heavy atom. The molecule has 0 aliphatic rings. The third-order valence-electron chi connectivity index (χ3n) is 8.24. The first-order chi connectivity index (χ1) is 31.7. The highest BCUT2D eigenvalue weighted by Crippen LogP contribution is 2.45. The summed E-state index contributed by atoms with van der Waals surface area (Å²) in [7, 11) is 0. The first kappa shape index (κ1) is 13.3. The summed E-state index contributed by atoms with van der Waals surface area (Å²) in [5.74, 6) is 0. The average molecular weight is 617 g/mol. The summed E-state index contributed by atoms with van der Waals surface area (Å²) in [6, 6.07) is 0.933. The summed E-state index contributed by atoms with van der Waals surface area (Å²) >= 11 is 0. The highest BCUT2D eigenvalue weighted by molar-refractivity contribution is 6.22. The van der Waals surface area contributed by atoms with Crippen molar-refractivity contribution in [1.29, 1.82) is 0 Å². The molecule has 0 fully saturated rings. The van der Waals surface area contributed by atoms with Crippen molar-refractivity contribution in [1.82, 2.24) is 0 Å². The van der Waals surface area contributed by atoms with Gasteiger partial charge < -0.3 is 4.42 Å². The zero-order chi connectivity index (χ0) is 48.3. The molecule has 0 bridgehead atoms. The molecule has 0 radical (unpaired) electrons. The molecule has 0 unspecified atom stereocenters. The Kier molecular flexibility index (Phi) is 2.87. The SMILES string of the molecule is [2H]c1c([2H])c(-c2c3ccccc3c(-c3c([2H])c([2H])c4oc5c6c([2H])c([2H])c([2H])c([2H])c6c([2H])c([2H])c5c4c3[2H])c3ccccc23)c([2H])c([2H])c1-c1c([2H])c([2H])c2c([2H])c([2H])c([2H])c([2H])c2c1[2H]. The lowest BCUT2D eigenvalue weighted by atomic mass is 9.85. The van der Waals surface area contributed by atoms with Gasteiger partial charge in [-0.15, -0.1) is 0 Å². The molecule has 0 atom stereocenters. The highest BCUT2D eigenvalue weighted by atomic mass is 16.3. The van der Waals surface area contributed by atoms with Crippen LogP contribution in [0.4, 0.5) is 0 Å². The van der Waals surface area contributed by atoms with Crippen LogP contribution in [0.25, 0.3) is 98.4 Å². The molecule has 9 aromatic carbocycles. The summed E-state index contributed by atoms with van der Waals surface area (Å²) in [5, 5.41) is -0.318. The summed E-state index contributed by atoms with van der Waals surface area (Å²) in [6.45, 7) is 0. The molecule has 0 saturated heterocycles. The molecule has 0 spiro atoms. The zero-order valence-electron chi connectivity index (χ0n) is 44.0. The van der Waals surface area contributed by atoms with Crippen molar-refractivity contribution in [2.45, 2.75) is 0 Å². The van der Waals surface area contributed by atoms with E-state index >= 15 is 0 Å². The molecular formula is C46H28O. The number of rotatable bonds is 3. The highest BCUT2D eigenvalue weighted by Gasteiger charge is 2.18. The molecule has 1 heteroatoms. The van der Waals surface area contributed by atoms with E-state index in [0.29, 0.717) is 21.5 Å².